The second kappa shape index (κ2) is 5.35. The van der Waals surface area contributed by atoms with Crippen molar-refractivity contribution in [2.45, 2.75) is 6.92 Å². The monoisotopic (exact) mass is 255 g/mol. The molecule has 0 radical (unpaired) electrons. The average molecular weight is 255 g/mol. The van der Waals surface area contributed by atoms with Crippen LogP contribution in [0.15, 0.2) is 48.5 Å². The van der Waals surface area contributed by atoms with Crippen molar-refractivity contribution < 1.29 is 14.3 Å². The van der Waals surface area contributed by atoms with E-state index in [-0.39, 0.29) is 11.1 Å². The summed E-state index contributed by atoms with van der Waals surface area (Å²) in [5, 5.41) is 0. The fourth-order valence-electron chi connectivity index (χ4n) is 1.64. The van der Waals surface area contributed by atoms with Crippen LogP contribution in [-0.2, 0) is 0 Å². The van der Waals surface area contributed by atoms with Crippen molar-refractivity contribution in [1.29, 1.82) is 0 Å². The van der Waals surface area contributed by atoms with Gasteiger partial charge in [-0.25, -0.2) is 4.79 Å². The van der Waals surface area contributed by atoms with E-state index in [4.69, 9.17) is 10.5 Å². The van der Waals surface area contributed by atoms with Crippen molar-refractivity contribution >= 4 is 11.9 Å². The van der Waals surface area contributed by atoms with Gasteiger partial charge >= 0.3 is 5.97 Å². The third kappa shape index (κ3) is 2.98. The fraction of sp³-hybridized carbons (Fsp3) is 0.0667. The zero-order chi connectivity index (χ0) is 13.8. The molecule has 0 unspecified atom stereocenters. The van der Waals surface area contributed by atoms with Gasteiger partial charge in [-0.3, -0.25) is 4.79 Å². The van der Waals surface area contributed by atoms with E-state index in [0.29, 0.717) is 5.75 Å². The first-order valence-corrected chi connectivity index (χ1v) is 5.75. The molecule has 0 saturated heterocycles. The van der Waals surface area contributed by atoms with Gasteiger partial charge in [0.25, 0.3) is 0 Å². The van der Waals surface area contributed by atoms with Gasteiger partial charge in [0.1, 0.15) is 5.75 Å². The number of ether oxygens (including phenoxy) is 1. The third-order valence-electron chi connectivity index (χ3n) is 2.64. The SMILES string of the molecule is Cc1ccc(OC(=O)c2ccccc2C(N)=O)cc1. The first-order valence-electron chi connectivity index (χ1n) is 5.75. The van der Waals surface area contributed by atoms with Gasteiger partial charge in [0.2, 0.25) is 5.91 Å². The number of esters is 1. The van der Waals surface area contributed by atoms with E-state index in [0.717, 1.165) is 5.56 Å². The number of nitrogens with two attached hydrogens (primary N) is 1. The molecule has 0 aliphatic rings. The van der Waals surface area contributed by atoms with Gasteiger partial charge in [-0.15, -0.1) is 0 Å². The Hall–Kier alpha value is -2.62. The van der Waals surface area contributed by atoms with Crippen LogP contribution in [0.5, 0.6) is 5.75 Å². The van der Waals surface area contributed by atoms with E-state index in [9.17, 15) is 9.59 Å². The third-order valence-corrected chi connectivity index (χ3v) is 2.64. The molecule has 2 N–H and O–H groups in total. The number of aryl methyl sites for hydroxylation is 1. The maximum atomic E-state index is 12.0. The van der Waals surface area contributed by atoms with E-state index in [1.165, 1.54) is 12.1 Å². The lowest BCUT2D eigenvalue weighted by atomic mass is 10.1. The summed E-state index contributed by atoms with van der Waals surface area (Å²) >= 11 is 0. The molecular weight excluding hydrogens is 242 g/mol. The summed E-state index contributed by atoms with van der Waals surface area (Å²) in [7, 11) is 0. The van der Waals surface area contributed by atoms with Crippen LogP contribution in [-0.4, -0.2) is 11.9 Å². The Morgan fingerprint density at radius 3 is 2.11 bits per heavy atom. The molecule has 0 spiro atoms. The van der Waals surface area contributed by atoms with Crippen LogP contribution in [0.4, 0.5) is 0 Å². The zero-order valence-corrected chi connectivity index (χ0v) is 10.4. The summed E-state index contributed by atoms with van der Waals surface area (Å²) in [6.45, 7) is 1.94. The highest BCUT2D eigenvalue weighted by atomic mass is 16.5. The molecule has 0 aliphatic heterocycles. The quantitative estimate of drug-likeness (QED) is 0.676. The number of hydrogen-bond donors (Lipinski definition) is 1. The summed E-state index contributed by atoms with van der Waals surface area (Å²) in [6, 6.07) is 13.4. The highest BCUT2D eigenvalue weighted by Gasteiger charge is 2.16. The van der Waals surface area contributed by atoms with Gasteiger partial charge in [0.05, 0.1) is 11.1 Å². The standard InChI is InChI=1S/C15H13NO3/c1-10-6-8-11(9-7-10)19-15(18)13-5-3-2-4-12(13)14(16)17/h2-9H,1H3,(H2,16,17). The van der Waals surface area contributed by atoms with E-state index in [2.05, 4.69) is 0 Å². The Labute approximate surface area is 110 Å². The van der Waals surface area contributed by atoms with E-state index in [1.807, 2.05) is 19.1 Å². The van der Waals surface area contributed by atoms with E-state index < -0.39 is 11.9 Å². The normalized spacial score (nSPS) is 9.95. The van der Waals surface area contributed by atoms with Crippen molar-refractivity contribution in [3.8, 4) is 5.75 Å². The summed E-state index contributed by atoms with van der Waals surface area (Å²) in [5.74, 6) is -0.829. The van der Waals surface area contributed by atoms with Crippen molar-refractivity contribution in [2.75, 3.05) is 0 Å². The molecule has 0 fully saturated rings. The van der Waals surface area contributed by atoms with Crippen molar-refractivity contribution in [3.63, 3.8) is 0 Å². The smallest absolute Gasteiger partial charge is 0.344 e. The van der Waals surface area contributed by atoms with Crippen LogP contribution in [0.1, 0.15) is 26.3 Å². The maximum absolute atomic E-state index is 12.0. The highest BCUT2D eigenvalue weighted by Crippen LogP contribution is 2.15. The van der Waals surface area contributed by atoms with Crippen LogP contribution >= 0.6 is 0 Å². The minimum atomic E-state index is -0.656. The summed E-state index contributed by atoms with van der Waals surface area (Å²) < 4.78 is 5.20. The number of carbonyl (C=O) groups excluding carboxylic acids is 2. The van der Waals surface area contributed by atoms with Crippen LogP contribution in [0.25, 0.3) is 0 Å². The second-order valence-corrected chi connectivity index (χ2v) is 4.11. The topological polar surface area (TPSA) is 69.4 Å². The lowest BCUT2D eigenvalue weighted by molar-refractivity contribution is 0.0729. The Balaban J connectivity index is 2.25. The minimum Gasteiger partial charge on any atom is -0.423 e. The molecule has 0 atom stereocenters. The number of carbonyl (C=O) groups is 2. The molecule has 2 aromatic carbocycles. The molecule has 4 heteroatoms. The Morgan fingerprint density at radius 2 is 1.53 bits per heavy atom. The van der Waals surface area contributed by atoms with Gasteiger partial charge in [-0.05, 0) is 31.2 Å². The number of primary amides is 1. The van der Waals surface area contributed by atoms with Crippen molar-refractivity contribution in [3.05, 3.63) is 65.2 Å². The van der Waals surface area contributed by atoms with Gasteiger partial charge < -0.3 is 10.5 Å². The predicted octanol–water partition coefficient (Wildman–Crippen LogP) is 2.31. The molecule has 2 aromatic rings. The molecule has 0 saturated carbocycles. The van der Waals surface area contributed by atoms with Gasteiger partial charge in [0.15, 0.2) is 0 Å². The summed E-state index contributed by atoms with van der Waals surface area (Å²) in [5.41, 5.74) is 6.60. The Kier molecular flexibility index (Phi) is 3.61. The molecule has 96 valence electrons. The van der Waals surface area contributed by atoms with Gasteiger partial charge in [0, 0.05) is 0 Å². The average Bonchev–Trinajstić information content (AvgIpc) is 2.41. The lowest BCUT2D eigenvalue weighted by Gasteiger charge is -2.07. The second-order valence-electron chi connectivity index (χ2n) is 4.11. The molecule has 2 rings (SSSR count). The summed E-state index contributed by atoms with van der Waals surface area (Å²) in [4.78, 5) is 23.2. The molecular formula is C15H13NO3. The first-order chi connectivity index (χ1) is 9.08. The molecule has 0 bridgehead atoms. The predicted molar refractivity (Wildman–Crippen MR) is 71.1 cm³/mol. The Morgan fingerprint density at radius 1 is 0.947 bits per heavy atom. The molecule has 0 aliphatic carbocycles. The summed E-state index contributed by atoms with van der Waals surface area (Å²) in [6.07, 6.45) is 0. The molecule has 0 aromatic heterocycles. The van der Waals surface area contributed by atoms with Crippen molar-refractivity contribution in [1.82, 2.24) is 0 Å². The number of rotatable bonds is 3. The van der Waals surface area contributed by atoms with Gasteiger partial charge in [-0.2, -0.15) is 0 Å². The number of benzene rings is 2. The molecule has 0 heterocycles. The fourth-order valence-corrected chi connectivity index (χ4v) is 1.64. The highest BCUT2D eigenvalue weighted by molar-refractivity contribution is 6.05. The molecule has 19 heavy (non-hydrogen) atoms. The van der Waals surface area contributed by atoms with Crippen LogP contribution in [0.2, 0.25) is 0 Å². The first kappa shape index (κ1) is 12.8. The lowest BCUT2D eigenvalue weighted by Crippen LogP contribution is -2.18. The van der Waals surface area contributed by atoms with Crippen molar-refractivity contribution in [2.24, 2.45) is 5.73 Å². The maximum Gasteiger partial charge on any atom is 0.344 e. The van der Waals surface area contributed by atoms with Crippen LogP contribution < -0.4 is 10.5 Å². The Bertz CT molecular complexity index is 618. The van der Waals surface area contributed by atoms with Crippen LogP contribution in [0, 0.1) is 6.92 Å². The molecule has 4 nitrogen and oxygen atoms in total. The molecule has 1 amide bonds. The number of amides is 1. The largest absolute Gasteiger partial charge is 0.423 e. The van der Waals surface area contributed by atoms with E-state index >= 15 is 0 Å². The zero-order valence-electron chi connectivity index (χ0n) is 10.4. The van der Waals surface area contributed by atoms with E-state index in [1.54, 1.807) is 24.3 Å². The van der Waals surface area contributed by atoms with Crippen LogP contribution in [0.3, 0.4) is 0 Å². The number of hydrogen-bond acceptors (Lipinski definition) is 3. The van der Waals surface area contributed by atoms with Gasteiger partial charge in [-0.1, -0.05) is 29.8 Å². The minimum absolute atomic E-state index is 0.152.